The molecule has 1 fully saturated rings. The van der Waals surface area contributed by atoms with Crippen LogP contribution in [0.15, 0.2) is 18.2 Å². The minimum Gasteiger partial charge on any atom is -0.494 e. The first-order chi connectivity index (χ1) is 8.61. The Morgan fingerprint density at radius 2 is 2.33 bits per heavy atom. The zero-order valence-corrected chi connectivity index (χ0v) is 10.6. The van der Waals surface area contributed by atoms with E-state index < -0.39 is 5.82 Å². The molecule has 0 radical (unpaired) electrons. The first-order valence-electron chi connectivity index (χ1n) is 6.08. The van der Waals surface area contributed by atoms with E-state index in [0.29, 0.717) is 12.2 Å². The highest BCUT2D eigenvalue weighted by Gasteiger charge is 2.30. The summed E-state index contributed by atoms with van der Waals surface area (Å²) in [6.45, 7) is 2.54. The Morgan fingerprint density at radius 3 is 2.89 bits per heavy atom. The van der Waals surface area contributed by atoms with Crippen LogP contribution < -0.4 is 4.74 Å². The third-order valence-corrected chi connectivity index (χ3v) is 3.38. The fourth-order valence-corrected chi connectivity index (χ4v) is 2.31. The van der Waals surface area contributed by atoms with Crippen LogP contribution >= 0.6 is 0 Å². The fraction of sp³-hybridized carbons (Fsp3) is 0.500. The summed E-state index contributed by atoms with van der Waals surface area (Å²) >= 11 is 0. The minimum atomic E-state index is -0.432. The smallest absolute Gasteiger partial charge is 0.165 e. The van der Waals surface area contributed by atoms with Gasteiger partial charge in [0.15, 0.2) is 11.6 Å². The van der Waals surface area contributed by atoms with Gasteiger partial charge in [-0.2, -0.15) is 0 Å². The second-order valence-electron chi connectivity index (χ2n) is 4.58. The number of rotatable bonds is 4. The predicted octanol–water partition coefficient (Wildman–Crippen LogP) is 2.37. The Hall–Kier alpha value is -1.42. The normalized spacial score (nSPS) is 23.1. The summed E-state index contributed by atoms with van der Waals surface area (Å²) in [6.07, 6.45) is 0.985. The molecular formula is C14H17FO3. The first kappa shape index (κ1) is 13.0. The Bertz CT molecular complexity index is 445. The summed E-state index contributed by atoms with van der Waals surface area (Å²) in [5.74, 6) is -0.179. The molecule has 3 nitrogen and oxygen atoms in total. The lowest BCUT2D eigenvalue weighted by atomic mass is 9.93. The van der Waals surface area contributed by atoms with E-state index in [2.05, 4.69) is 0 Å². The molecule has 2 unspecified atom stereocenters. The number of Topliss-reactive ketones (excluding diaryl/α,β-unsaturated/α-hetero) is 1. The molecule has 0 aromatic heterocycles. The van der Waals surface area contributed by atoms with Gasteiger partial charge in [-0.15, -0.1) is 0 Å². The van der Waals surface area contributed by atoms with E-state index in [4.69, 9.17) is 9.47 Å². The maximum atomic E-state index is 13.5. The Morgan fingerprint density at radius 1 is 1.56 bits per heavy atom. The Balaban J connectivity index is 2.05. The van der Waals surface area contributed by atoms with Gasteiger partial charge in [0.2, 0.25) is 0 Å². The number of carbonyl (C=O) groups is 1. The minimum absolute atomic E-state index is 0.0272. The SMILES string of the molecule is COc1ccc(CC(=O)C2CCOC2C)cc1F. The zero-order chi connectivity index (χ0) is 13.1. The van der Waals surface area contributed by atoms with Crippen molar-refractivity contribution in [3.8, 4) is 5.75 Å². The maximum absolute atomic E-state index is 13.5. The average Bonchev–Trinajstić information content (AvgIpc) is 2.76. The molecule has 0 saturated carbocycles. The van der Waals surface area contributed by atoms with E-state index >= 15 is 0 Å². The van der Waals surface area contributed by atoms with Crippen LogP contribution in [0.2, 0.25) is 0 Å². The number of hydrogen-bond donors (Lipinski definition) is 0. The number of methoxy groups -OCH3 is 1. The topological polar surface area (TPSA) is 35.5 Å². The third kappa shape index (κ3) is 2.70. The van der Waals surface area contributed by atoms with Crippen molar-refractivity contribution < 1.29 is 18.7 Å². The molecule has 0 N–H and O–H groups in total. The van der Waals surface area contributed by atoms with Crippen molar-refractivity contribution in [2.24, 2.45) is 5.92 Å². The molecule has 1 aromatic carbocycles. The quantitative estimate of drug-likeness (QED) is 0.825. The van der Waals surface area contributed by atoms with E-state index in [1.165, 1.54) is 13.2 Å². The lowest BCUT2D eigenvalue weighted by Gasteiger charge is -2.13. The average molecular weight is 252 g/mol. The largest absolute Gasteiger partial charge is 0.494 e. The predicted molar refractivity (Wildman–Crippen MR) is 65.2 cm³/mol. The van der Waals surface area contributed by atoms with Crippen LogP contribution in [-0.4, -0.2) is 25.6 Å². The van der Waals surface area contributed by atoms with Gasteiger partial charge in [0.25, 0.3) is 0 Å². The van der Waals surface area contributed by atoms with Crippen molar-refractivity contribution in [3.05, 3.63) is 29.6 Å². The number of hydrogen-bond acceptors (Lipinski definition) is 3. The Labute approximate surface area is 106 Å². The van der Waals surface area contributed by atoms with E-state index in [1.807, 2.05) is 6.92 Å². The fourth-order valence-electron chi connectivity index (χ4n) is 2.31. The number of benzene rings is 1. The lowest BCUT2D eigenvalue weighted by molar-refractivity contribution is -0.123. The van der Waals surface area contributed by atoms with E-state index in [9.17, 15) is 9.18 Å². The molecule has 18 heavy (non-hydrogen) atoms. The first-order valence-corrected chi connectivity index (χ1v) is 6.08. The summed E-state index contributed by atoms with van der Waals surface area (Å²) in [5.41, 5.74) is 0.678. The molecule has 0 amide bonds. The van der Waals surface area contributed by atoms with Crippen LogP contribution in [-0.2, 0) is 16.0 Å². The molecule has 1 saturated heterocycles. The Kier molecular flexibility index (Phi) is 3.97. The van der Waals surface area contributed by atoms with Gasteiger partial charge in [0.1, 0.15) is 5.78 Å². The third-order valence-electron chi connectivity index (χ3n) is 3.38. The van der Waals surface area contributed by atoms with Gasteiger partial charge in [-0.25, -0.2) is 4.39 Å². The summed E-state index contributed by atoms with van der Waals surface area (Å²) in [6, 6.07) is 4.63. The lowest BCUT2D eigenvalue weighted by Crippen LogP contribution is -2.23. The highest BCUT2D eigenvalue weighted by atomic mass is 19.1. The van der Waals surface area contributed by atoms with Crippen molar-refractivity contribution >= 4 is 5.78 Å². The van der Waals surface area contributed by atoms with Gasteiger partial charge in [0, 0.05) is 18.9 Å². The molecule has 98 valence electrons. The molecule has 1 aromatic rings. The van der Waals surface area contributed by atoms with Crippen molar-refractivity contribution in [3.63, 3.8) is 0 Å². The molecule has 2 rings (SSSR count). The van der Waals surface area contributed by atoms with Crippen LogP contribution in [0.5, 0.6) is 5.75 Å². The second kappa shape index (κ2) is 5.48. The molecule has 0 aliphatic carbocycles. The van der Waals surface area contributed by atoms with Crippen LogP contribution in [0, 0.1) is 11.7 Å². The van der Waals surface area contributed by atoms with E-state index in [-0.39, 0.29) is 30.0 Å². The van der Waals surface area contributed by atoms with E-state index in [0.717, 1.165) is 6.42 Å². The van der Waals surface area contributed by atoms with Crippen molar-refractivity contribution in [1.82, 2.24) is 0 Å². The van der Waals surface area contributed by atoms with Crippen molar-refractivity contribution in [1.29, 1.82) is 0 Å². The molecule has 1 heterocycles. The summed E-state index contributed by atoms with van der Waals surface area (Å²) in [5, 5.41) is 0. The van der Waals surface area contributed by atoms with Gasteiger partial charge in [0.05, 0.1) is 13.2 Å². The molecule has 1 aliphatic heterocycles. The van der Waals surface area contributed by atoms with Gasteiger partial charge in [-0.3, -0.25) is 4.79 Å². The van der Waals surface area contributed by atoms with Gasteiger partial charge < -0.3 is 9.47 Å². The molecule has 2 atom stereocenters. The molecular weight excluding hydrogens is 235 g/mol. The molecule has 4 heteroatoms. The number of carbonyl (C=O) groups excluding carboxylic acids is 1. The zero-order valence-electron chi connectivity index (χ0n) is 10.6. The van der Waals surface area contributed by atoms with Crippen LogP contribution in [0.3, 0.4) is 0 Å². The number of halogens is 1. The molecule has 0 spiro atoms. The summed E-state index contributed by atoms with van der Waals surface area (Å²) in [7, 11) is 1.42. The number of ether oxygens (including phenoxy) is 2. The summed E-state index contributed by atoms with van der Waals surface area (Å²) in [4.78, 5) is 12.1. The van der Waals surface area contributed by atoms with Crippen LogP contribution in [0.25, 0.3) is 0 Å². The van der Waals surface area contributed by atoms with Crippen molar-refractivity contribution in [2.45, 2.75) is 25.9 Å². The van der Waals surface area contributed by atoms with Gasteiger partial charge >= 0.3 is 0 Å². The van der Waals surface area contributed by atoms with Gasteiger partial charge in [-0.1, -0.05) is 6.07 Å². The maximum Gasteiger partial charge on any atom is 0.165 e. The standard InChI is InChI=1S/C14H17FO3/c1-9-11(5-6-18-9)13(16)8-10-3-4-14(17-2)12(15)7-10/h3-4,7,9,11H,5-6,8H2,1-2H3. The van der Waals surface area contributed by atoms with Crippen LogP contribution in [0.1, 0.15) is 18.9 Å². The monoisotopic (exact) mass is 252 g/mol. The van der Waals surface area contributed by atoms with Crippen molar-refractivity contribution in [2.75, 3.05) is 13.7 Å². The summed E-state index contributed by atoms with van der Waals surface area (Å²) < 4.78 is 23.7. The highest BCUT2D eigenvalue weighted by Crippen LogP contribution is 2.24. The second-order valence-corrected chi connectivity index (χ2v) is 4.58. The van der Waals surface area contributed by atoms with E-state index in [1.54, 1.807) is 12.1 Å². The molecule has 0 bridgehead atoms. The number of ketones is 1. The highest BCUT2D eigenvalue weighted by molar-refractivity contribution is 5.84. The van der Waals surface area contributed by atoms with Crippen LogP contribution in [0.4, 0.5) is 4.39 Å². The van der Waals surface area contributed by atoms with Gasteiger partial charge in [-0.05, 0) is 31.0 Å². The molecule has 1 aliphatic rings.